The van der Waals surface area contributed by atoms with E-state index in [2.05, 4.69) is 27.1 Å². The van der Waals surface area contributed by atoms with E-state index in [4.69, 9.17) is 0 Å². The molecule has 6 nitrogen and oxygen atoms in total. The molecule has 1 saturated heterocycles. The van der Waals surface area contributed by atoms with Crippen LogP contribution in [0.4, 0.5) is 11.4 Å². The number of anilines is 2. The van der Waals surface area contributed by atoms with Gasteiger partial charge in [0.15, 0.2) is 5.43 Å². The summed E-state index contributed by atoms with van der Waals surface area (Å²) >= 11 is 0. The zero-order chi connectivity index (χ0) is 16.2. The largest absolute Gasteiger partial charge is 0.369 e. The number of hydrogen-bond donors (Lipinski definition) is 2. The third-order valence-electron chi connectivity index (χ3n) is 4.01. The number of H-pyrrole nitrogens is 1. The highest BCUT2D eigenvalue weighted by molar-refractivity contribution is 6.02. The van der Waals surface area contributed by atoms with E-state index >= 15 is 0 Å². The molecule has 120 valence electrons. The molecule has 1 aromatic carbocycles. The van der Waals surface area contributed by atoms with E-state index < -0.39 is 0 Å². The number of pyridine rings is 1. The maximum absolute atomic E-state index is 12.1. The molecule has 2 heterocycles. The van der Waals surface area contributed by atoms with Crippen LogP contribution in [0.25, 0.3) is 0 Å². The van der Waals surface area contributed by atoms with Crippen molar-refractivity contribution in [2.75, 3.05) is 43.4 Å². The number of aromatic amines is 1. The summed E-state index contributed by atoms with van der Waals surface area (Å²) in [6.07, 6.45) is 1.47. The van der Waals surface area contributed by atoms with Crippen molar-refractivity contribution < 1.29 is 4.79 Å². The zero-order valence-electron chi connectivity index (χ0n) is 13.1. The Labute approximate surface area is 134 Å². The van der Waals surface area contributed by atoms with E-state index in [1.54, 1.807) is 0 Å². The Kier molecular flexibility index (Phi) is 4.43. The van der Waals surface area contributed by atoms with Gasteiger partial charge in [-0.3, -0.25) is 9.59 Å². The molecule has 2 aromatic rings. The Morgan fingerprint density at radius 3 is 2.43 bits per heavy atom. The third-order valence-corrected chi connectivity index (χ3v) is 4.01. The highest BCUT2D eigenvalue weighted by atomic mass is 16.2. The summed E-state index contributed by atoms with van der Waals surface area (Å²) in [5.41, 5.74) is 1.92. The summed E-state index contributed by atoms with van der Waals surface area (Å²) in [5, 5.41) is 2.79. The standard InChI is InChI=1S/C17H20N4O2/c1-20-8-10-21(11-9-20)14-4-2-13(3-5-14)19-17(23)16-12-15(22)6-7-18-16/h2-7,12H,8-11H2,1H3,(H,18,22)(H,19,23). The Balaban J connectivity index is 1.65. The van der Waals surface area contributed by atoms with Crippen LogP contribution in [0.5, 0.6) is 0 Å². The van der Waals surface area contributed by atoms with Gasteiger partial charge < -0.3 is 20.1 Å². The van der Waals surface area contributed by atoms with Crippen molar-refractivity contribution in [1.29, 1.82) is 0 Å². The van der Waals surface area contributed by atoms with Crippen LogP contribution in [0.1, 0.15) is 10.5 Å². The number of nitrogens with one attached hydrogen (secondary N) is 2. The number of carbonyl (C=O) groups excluding carboxylic acids is 1. The van der Waals surface area contributed by atoms with Gasteiger partial charge in [-0.15, -0.1) is 0 Å². The monoisotopic (exact) mass is 312 g/mol. The first-order valence-corrected chi connectivity index (χ1v) is 7.65. The zero-order valence-corrected chi connectivity index (χ0v) is 13.1. The molecule has 1 fully saturated rings. The van der Waals surface area contributed by atoms with Crippen molar-refractivity contribution >= 4 is 17.3 Å². The fraction of sp³-hybridized carbons (Fsp3) is 0.294. The Morgan fingerprint density at radius 2 is 1.78 bits per heavy atom. The minimum absolute atomic E-state index is 0.195. The van der Waals surface area contributed by atoms with Gasteiger partial charge in [-0.2, -0.15) is 0 Å². The quantitative estimate of drug-likeness (QED) is 0.898. The number of aromatic nitrogens is 1. The first-order chi connectivity index (χ1) is 11.1. The smallest absolute Gasteiger partial charge is 0.272 e. The summed E-state index contributed by atoms with van der Waals surface area (Å²) in [7, 11) is 2.13. The van der Waals surface area contributed by atoms with E-state index in [0.29, 0.717) is 5.69 Å². The number of amides is 1. The molecule has 6 heteroatoms. The molecule has 0 spiro atoms. The molecule has 0 radical (unpaired) electrons. The maximum atomic E-state index is 12.1. The van der Waals surface area contributed by atoms with Gasteiger partial charge in [-0.25, -0.2) is 0 Å². The summed E-state index contributed by atoms with van der Waals surface area (Å²) < 4.78 is 0. The fourth-order valence-corrected chi connectivity index (χ4v) is 2.60. The van der Waals surface area contributed by atoms with Crippen LogP contribution in [0.2, 0.25) is 0 Å². The molecule has 23 heavy (non-hydrogen) atoms. The fourth-order valence-electron chi connectivity index (χ4n) is 2.60. The van der Waals surface area contributed by atoms with E-state index in [-0.39, 0.29) is 17.0 Å². The number of piperazine rings is 1. The molecule has 1 aromatic heterocycles. The second-order valence-corrected chi connectivity index (χ2v) is 5.73. The van der Waals surface area contributed by atoms with Crippen LogP contribution in [0.3, 0.4) is 0 Å². The van der Waals surface area contributed by atoms with Crippen LogP contribution in [0, 0.1) is 0 Å². The Morgan fingerprint density at radius 1 is 1.09 bits per heavy atom. The molecule has 0 bridgehead atoms. The van der Waals surface area contributed by atoms with Crippen LogP contribution >= 0.6 is 0 Å². The van der Waals surface area contributed by atoms with Gasteiger partial charge in [0, 0.05) is 55.9 Å². The topological polar surface area (TPSA) is 68.4 Å². The minimum atomic E-state index is -0.324. The van der Waals surface area contributed by atoms with Gasteiger partial charge in [0.25, 0.3) is 5.91 Å². The SMILES string of the molecule is CN1CCN(c2ccc(NC(=O)c3cc(=O)cc[nH]3)cc2)CC1. The van der Waals surface area contributed by atoms with Crippen LogP contribution < -0.4 is 15.6 Å². The summed E-state index contributed by atoms with van der Waals surface area (Å²) in [6.45, 7) is 4.13. The normalized spacial score (nSPS) is 15.4. The second-order valence-electron chi connectivity index (χ2n) is 5.73. The van der Waals surface area contributed by atoms with Crippen molar-refractivity contribution in [3.05, 3.63) is 58.5 Å². The number of carbonyl (C=O) groups is 1. The molecule has 0 atom stereocenters. The minimum Gasteiger partial charge on any atom is -0.369 e. The number of likely N-dealkylation sites (N-methyl/N-ethyl adjacent to an activating group) is 1. The average Bonchev–Trinajstić information content (AvgIpc) is 2.56. The molecule has 1 aliphatic heterocycles. The van der Waals surface area contributed by atoms with Crippen molar-refractivity contribution in [3.63, 3.8) is 0 Å². The van der Waals surface area contributed by atoms with E-state index in [1.165, 1.54) is 18.3 Å². The molecular formula is C17H20N4O2. The van der Waals surface area contributed by atoms with Crippen LogP contribution in [0.15, 0.2) is 47.4 Å². The van der Waals surface area contributed by atoms with Crippen LogP contribution in [-0.4, -0.2) is 49.0 Å². The van der Waals surface area contributed by atoms with Gasteiger partial charge in [-0.1, -0.05) is 0 Å². The van der Waals surface area contributed by atoms with Crippen molar-refractivity contribution in [2.45, 2.75) is 0 Å². The van der Waals surface area contributed by atoms with Gasteiger partial charge in [0.05, 0.1) is 0 Å². The van der Waals surface area contributed by atoms with Gasteiger partial charge in [0.2, 0.25) is 0 Å². The predicted octanol–water partition coefficient (Wildman–Crippen LogP) is 1.38. The highest BCUT2D eigenvalue weighted by Crippen LogP contribution is 2.19. The van der Waals surface area contributed by atoms with Gasteiger partial charge in [-0.05, 0) is 31.3 Å². The molecular weight excluding hydrogens is 292 g/mol. The molecule has 0 unspecified atom stereocenters. The molecule has 3 rings (SSSR count). The highest BCUT2D eigenvalue weighted by Gasteiger charge is 2.14. The maximum Gasteiger partial charge on any atom is 0.272 e. The second kappa shape index (κ2) is 6.66. The summed E-state index contributed by atoms with van der Waals surface area (Å²) in [4.78, 5) is 30.8. The number of hydrogen-bond acceptors (Lipinski definition) is 4. The van der Waals surface area contributed by atoms with E-state index in [1.807, 2.05) is 24.3 Å². The first kappa shape index (κ1) is 15.3. The number of benzene rings is 1. The Bertz CT molecular complexity index is 731. The van der Waals surface area contributed by atoms with E-state index in [9.17, 15) is 9.59 Å². The van der Waals surface area contributed by atoms with E-state index in [0.717, 1.165) is 31.9 Å². The first-order valence-electron chi connectivity index (χ1n) is 7.65. The summed E-state index contributed by atoms with van der Waals surface area (Å²) in [6, 6.07) is 10.4. The molecule has 1 aliphatic rings. The van der Waals surface area contributed by atoms with Crippen molar-refractivity contribution in [1.82, 2.24) is 9.88 Å². The predicted molar refractivity (Wildman–Crippen MR) is 91.2 cm³/mol. The molecule has 2 N–H and O–H groups in total. The lowest BCUT2D eigenvalue weighted by molar-refractivity contribution is 0.102. The van der Waals surface area contributed by atoms with Gasteiger partial charge in [0.1, 0.15) is 5.69 Å². The van der Waals surface area contributed by atoms with Gasteiger partial charge >= 0.3 is 0 Å². The lowest BCUT2D eigenvalue weighted by atomic mass is 10.2. The molecule has 1 amide bonds. The average molecular weight is 312 g/mol. The van der Waals surface area contributed by atoms with Crippen molar-refractivity contribution in [2.24, 2.45) is 0 Å². The van der Waals surface area contributed by atoms with Crippen LogP contribution in [-0.2, 0) is 0 Å². The lowest BCUT2D eigenvalue weighted by Crippen LogP contribution is -2.44. The third kappa shape index (κ3) is 3.78. The lowest BCUT2D eigenvalue weighted by Gasteiger charge is -2.34. The molecule has 0 saturated carbocycles. The molecule has 0 aliphatic carbocycles. The summed E-state index contributed by atoms with van der Waals surface area (Å²) in [5.74, 6) is -0.324. The number of rotatable bonds is 3. The van der Waals surface area contributed by atoms with Crippen molar-refractivity contribution in [3.8, 4) is 0 Å². The Hall–Kier alpha value is -2.60. The number of nitrogens with zero attached hydrogens (tertiary/aromatic N) is 2.